The van der Waals surface area contributed by atoms with Crippen LogP contribution in [0.15, 0.2) is 40.8 Å². The van der Waals surface area contributed by atoms with Crippen LogP contribution in [-0.4, -0.2) is 42.5 Å². The minimum absolute atomic E-state index is 0. The van der Waals surface area contributed by atoms with E-state index in [2.05, 4.69) is 37.0 Å². The maximum atomic E-state index is 4.30. The van der Waals surface area contributed by atoms with Crippen LogP contribution in [0.1, 0.15) is 16.1 Å². The summed E-state index contributed by atoms with van der Waals surface area (Å²) in [5, 5.41) is 8.88. The molecule has 2 N–H and O–H groups in total. The number of hydrogen-bond donors (Lipinski definition) is 2. The standard InChI is InChI=1S/C17H23N5S.HI/c1-18-17(21-12-15-4-2-3-7-19-15)20-8-10-22-9-5-16-14(13-22)6-11-23-16;/h2-4,6-7,11H,5,8-10,12-13H2,1H3,(H2,18,20,21);1H. The first kappa shape index (κ1) is 19.1. The van der Waals surface area contributed by atoms with Gasteiger partial charge in [-0.15, -0.1) is 35.3 Å². The smallest absolute Gasteiger partial charge is 0.191 e. The number of halogens is 1. The average Bonchev–Trinajstić information content (AvgIpc) is 3.06. The summed E-state index contributed by atoms with van der Waals surface area (Å²) < 4.78 is 0. The van der Waals surface area contributed by atoms with Crippen molar-refractivity contribution >= 4 is 41.3 Å². The van der Waals surface area contributed by atoms with Crippen molar-refractivity contribution in [3.8, 4) is 0 Å². The molecule has 2 aromatic rings. The van der Waals surface area contributed by atoms with Crippen LogP contribution >= 0.6 is 35.3 Å². The van der Waals surface area contributed by atoms with Gasteiger partial charge in [0.2, 0.25) is 0 Å². The summed E-state index contributed by atoms with van der Waals surface area (Å²) in [5.41, 5.74) is 2.51. The van der Waals surface area contributed by atoms with Gasteiger partial charge in [0.25, 0.3) is 0 Å². The van der Waals surface area contributed by atoms with Gasteiger partial charge in [0.05, 0.1) is 12.2 Å². The first-order chi connectivity index (χ1) is 11.3. The van der Waals surface area contributed by atoms with Gasteiger partial charge in [-0.05, 0) is 35.6 Å². The summed E-state index contributed by atoms with van der Waals surface area (Å²) in [7, 11) is 1.80. The van der Waals surface area contributed by atoms with E-state index >= 15 is 0 Å². The third-order valence-electron chi connectivity index (χ3n) is 3.99. The van der Waals surface area contributed by atoms with E-state index in [0.29, 0.717) is 6.54 Å². The van der Waals surface area contributed by atoms with Gasteiger partial charge >= 0.3 is 0 Å². The number of pyridine rings is 1. The van der Waals surface area contributed by atoms with Gasteiger partial charge in [-0.25, -0.2) is 0 Å². The molecule has 24 heavy (non-hydrogen) atoms. The number of nitrogens with one attached hydrogen (secondary N) is 2. The van der Waals surface area contributed by atoms with Crippen LogP contribution in [0.25, 0.3) is 0 Å². The molecule has 3 heterocycles. The Morgan fingerprint density at radius 3 is 3.04 bits per heavy atom. The van der Waals surface area contributed by atoms with Crippen LogP contribution < -0.4 is 10.6 Å². The molecule has 0 saturated heterocycles. The normalized spacial score (nSPS) is 14.6. The van der Waals surface area contributed by atoms with E-state index in [1.807, 2.05) is 35.7 Å². The second kappa shape index (κ2) is 9.95. The number of aliphatic imine (C=N–C) groups is 1. The van der Waals surface area contributed by atoms with Gasteiger partial charge in [-0.1, -0.05) is 6.07 Å². The Morgan fingerprint density at radius 1 is 1.33 bits per heavy atom. The number of guanidine groups is 1. The van der Waals surface area contributed by atoms with E-state index in [1.54, 1.807) is 11.9 Å². The zero-order chi connectivity index (χ0) is 15.9. The SMILES string of the molecule is CN=C(NCCN1CCc2sccc2C1)NCc1ccccn1.I. The number of hydrogen-bond acceptors (Lipinski definition) is 4. The summed E-state index contributed by atoms with van der Waals surface area (Å²) in [6, 6.07) is 8.18. The van der Waals surface area contributed by atoms with Gasteiger partial charge in [0, 0.05) is 44.3 Å². The molecule has 5 nitrogen and oxygen atoms in total. The van der Waals surface area contributed by atoms with E-state index in [1.165, 1.54) is 12.0 Å². The van der Waals surface area contributed by atoms with Gasteiger partial charge in [-0.2, -0.15) is 0 Å². The summed E-state index contributed by atoms with van der Waals surface area (Å²) in [6.07, 6.45) is 2.99. The predicted octanol–water partition coefficient (Wildman–Crippen LogP) is 2.48. The molecule has 0 unspecified atom stereocenters. The highest BCUT2D eigenvalue weighted by atomic mass is 127. The lowest BCUT2D eigenvalue weighted by atomic mass is 10.1. The lowest BCUT2D eigenvalue weighted by Crippen LogP contribution is -2.42. The molecule has 0 spiro atoms. The lowest BCUT2D eigenvalue weighted by Gasteiger charge is -2.27. The van der Waals surface area contributed by atoms with E-state index in [4.69, 9.17) is 0 Å². The van der Waals surface area contributed by atoms with E-state index in [-0.39, 0.29) is 24.0 Å². The van der Waals surface area contributed by atoms with Crippen LogP contribution in [0.4, 0.5) is 0 Å². The molecule has 7 heteroatoms. The molecular weight excluding hydrogens is 433 g/mol. The van der Waals surface area contributed by atoms with Crippen molar-refractivity contribution in [2.75, 3.05) is 26.7 Å². The Hall–Kier alpha value is -1.19. The number of rotatable bonds is 5. The maximum absolute atomic E-state index is 4.30. The molecule has 1 aliphatic rings. The fourth-order valence-electron chi connectivity index (χ4n) is 2.73. The molecule has 0 aliphatic carbocycles. The monoisotopic (exact) mass is 457 g/mol. The molecule has 0 aromatic carbocycles. The van der Waals surface area contributed by atoms with Crippen molar-refractivity contribution in [2.24, 2.45) is 4.99 Å². The second-order valence-electron chi connectivity index (χ2n) is 5.57. The quantitative estimate of drug-likeness (QED) is 0.412. The topological polar surface area (TPSA) is 52.6 Å². The minimum Gasteiger partial charge on any atom is -0.355 e. The van der Waals surface area contributed by atoms with Crippen molar-refractivity contribution in [2.45, 2.75) is 19.5 Å². The van der Waals surface area contributed by atoms with Crippen LogP contribution in [0.2, 0.25) is 0 Å². The Morgan fingerprint density at radius 2 is 2.25 bits per heavy atom. The maximum Gasteiger partial charge on any atom is 0.191 e. The highest BCUT2D eigenvalue weighted by molar-refractivity contribution is 14.0. The van der Waals surface area contributed by atoms with E-state index in [9.17, 15) is 0 Å². The molecule has 0 radical (unpaired) electrons. The van der Waals surface area contributed by atoms with Gasteiger partial charge in [0.15, 0.2) is 5.96 Å². The fraction of sp³-hybridized carbons (Fsp3) is 0.412. The van der Waals surface area contributed by atoms with Crippen molar-refractivity contribution < 1.29 is 0 Å². The van der Waals surface area contributed by atoms with Crippen LogP contribution in [0, 0.1) is 0 Å². The third kappa shape index (κ3) is 5.42. The Labute approximate surface area is 164 Å². The van der Waals surface area contributed by atoms with E-state index < -0.39 is 0 Å². The van der Waals surface area contributed by atoms with Crippen molar-refractivity contribution in [3.05, 3.63) is 52.0 Å². The van der Waals surface area contributed by atoms with Gasteiger partial charge < -0.3 is 10.6 Å². The van der Waals surface area contributed by atoms with Crippen LogP contribution in [0.3, 0.4) is 0 Å². The number of fused-ring (bicyclic) bond motifs is 1. The van der Waals surface area contributed by atoms with Gasteiger partial charge in [0.1, 0.15) is 0 Å². The molecule has 1 aliphatic heterocycles. The van der Waals surface area contributed by atoms with Crippen molar-refractivity contribution in [1.82, 2.24) is 20.5 Å². The number of aromatic nitrogens is 1. The third-order valence-corrected chi connectivity index (χ3v) is 5.02. The summed E-state index contributed by atoms with van der Waals surface area (Å²) in [4.78, 5) is 12.6. The molecule has 0 saturated carbocycles. The fourth-order valence-corrected chi connectivity index (χ4v) is 3.62. The highest BCUT2D eigenvalue weighted by Crippen LogP contribution is 2.23. The zero-order valence-electron chi connectivity index (χ0n) is 13.9. The van der Waals surface area contributed by atoms with Gasteiger partial charge in [-0.3, -0.25) is 14.9 Å². The Bertz CT molecular complexity index is 643. The Balaban J connectivity index is 0.00000208. The molecule has 3 rings (SSSR count). The van der Waals surface area contributed by atoms with E-state index in [0.717, 1.165) is 37.8 Å². The summed E-state index contributed by atoms with van der Waals surface area (Å²) >= 11 is 1.89. The first-order valence-corrected chi connectivity index (χ1v) is 8.85. The van der Waals surface area contributed by atoms with Crippen molar-refractivity contribution in [1.29, 1.82) is 0 Å². The molecule has 0 amide bonds. The average molecular weight is 457 g/mol. The largest absolute Gasteiger partial charge is 0.355 e. The van der Waals surface area contributed by atoms with Crippen LogP contribution in [-0.2, 0) is 19.5 Å². The second-order valence-corrected chi connectivity index (χ2v) is 6.57. The highest BCUT2D eigenvalue weighted by Gasteiger charge is 2.16. The molecular formula is C17H24IN5S. The summed E-state index contributed by atoms with van der Waals surface area (Å²) in [5.74, 6) is 0.823. The predicted molar refractivity (Wildman–Crippen MR) is 111 cm³/mol. The molecule has 2 aromatic heterocycles. The lowest BCUT2D eigenvalue weighted by molar-refractivity contribution is 0.260. The molecule has 130 valence electrons. The number of nitrogens with zero attached hydrogens (tertiary/aromatic N) is 3. The minimum atomic E-state index is 0. The zero-order valence-corrected chi connectivity index (χ0v) is 17.0. The molecule has 0 atom stereocenters. The molecule has 0 bridgehead atoms. The summed E-state index contributed by atoms with van der Waals surface area (Å²) in [6.45, 7) is 4.82. The number of thiophene rings is 1. The first-order valence-electron chi connectivity index (χ1n) is 7.97. The van der Waals surface area contributed by atoms with Crippen molar-refractivity contribution in [3.63, 3.8) is 0 Å². The Kier molecular flexibility index (Phi) is 7.93. The van der Waals surface area contributed by atoms with Crippen LogP contribution in [0.5, 0.6) is 0 Å². The molecule has 0 fully saturated rings.